The van der Waals surface area contributed by atoms with E-state index in [4.69, 9.17) is 16.3 Å². The van der Waals surface area contributed by atoms with Gasteiger partial charge in [0.25, 0.3) is 5.56 Å². The molecule has 0 aliphatic heterocycles. The monoisotopic (exact) mass is 268 g/mol. The van der Waals surface area contributed by atoms with Gasteiger partial charge in [0.1, 0.15) is 5.60 Å². The van der Waals surface area contributed by atoms with Gasteiger partial charge in [-0.1, -0.05) is 17.7 Å². The lowest BCUT2D eigenvalue weighted by atomic mass is 10.2. The Kier molecular flexibility index (Phi) is 2.94. The molecule has 18 heavy (non-hydrogen) atoms. The molecular formula is C12H13ClN2O3. The van der Waals surface area contributed by atoms with Crippen LogP contribution in [0.15, 0.2) is 23.0 Å². The van der Waals surface area contributed by atoms with E-state index in [1.54, 1.807) is 39.0 Å². The van der Waals surface area contributed by atoms with E-state index in [1.165, 1.54) is 0 Å². The van der Waals surface area contributed by atoms with E-state index >= 15 is 0 Å². The van der Waals surface area contributed by atoms with Crippen molar-refractivity contribution >= 4 is 28.6 Å². The average molecular weight is 269 g/mol. The fourth-order valence-corrected chi connectivity index (χ4v) is 1.85. The zero-order valence-electron chi connectivity index (χ0n) is 10.3. The second-order valence-corrected chi connectivity index (χ2v) is 5.30. The molecule has 6 heteroatoms. The van der Waals surface area contributed by atoms with Gasteiger partial charge in [-0.2, -0.15) is 4.68 Å². The summed E-state index contributed by atoms with van der Waals surface area (Å²) in [5, 5.41) is 3.00. The van der Waals surface area contributed by atoms with Crippen molar-refractivity contribution in [2.45, 2.75) is 26.4 Å². The lowest BCUT2D eigenvalue weighted by Crippen LogP contribution is -2.28. The molecule has 0 amide bonds. The van der Waals surface area contributed by atoms with Crippen LogP contribution in [0.25, 0.3) is 10.9 Å². The van der Waals surface area contributed by atoms with E-state index in [1.807, 2.05) is 0 Å². The molecule has 1 N–H and O–H groups in total. The van der Waals surface area contributed by atoms with E-state index in [9.17, 15) is 9.59 Å². The molecule has 0 fully saturated rings. The highest BCUT2D eigenvalue weighted by atomic mass is 35.5. The van der Waals surface area contributed by atoms with Crippen LogP contribution in [0.5, 0.6) is 0 Å². The third-order valence-electron chi connectivity index (χ3n) is 2.25. The van der Waals surface area contributed by atoms with Gasteiger partial charge in [0.2, 0.25) is 0 Å². The zero-order chi connectivity index (χ0) is 13.5. The van der Waals surface area contributed by atoms with Crippen molar-refractivity contribution in [2.75, 3.05) is 0 Å². The summed E-state index contributed by atoms with van der Waals surface area (Å²) in [4.78, 5) is 23.6. The molecule has 0 saturated carbocycles. The fraction of sp³-hybridized carbons (Fsp3) is 0.333. The summed E-state index contributed by atoms with van der Waals surface area (Å²) in [6.07, 6.45) is -0.642. The van der Waals surface area contributed by atoms with Gasteiger partial charge < -0.3 is 4.74 Å². The Hall–Kier alpha value is -1.75. The van der Waals surface area contributed by atoms with Crippen molar-refractivity contribution in [1.82, 2.24) is 9.78 Å². The SMILES string of the molecule is CC(C)(C)OC(=O)n1[nH]c(=O)c2c(Cl)cccc21. The first-order valence-electron chi connectivity index (χ1n) is 5.42. The molecule has 1 heterocycles. The molecule has 0 aliphatic rings. The molecule has 0 bridgehead atoms. The first kappa shape index (κ1) is 12.7. The Bertz CT molecular complexity index is 664. The highest BCUT2D eigenvalue weighted by Gasteiger charge is 2.21. The van der Waals surface area contributed by atoms with Gasteiger partial charge in [-0.3, -0.25) is 9.89 Å². The summed E-state index contributed by atoms with van der Waals surface area (Å²) in [5.41, 5.74) is -0.647. The predicted octanol–water partition coefficient (Wildman–Crippen LogP) is 2.77. The maximum Gasteiger partial charge on any atom is 0.434 e. The van der Waals surface area contributed by atoms with Crippen LogP contribution in [0, 0.1) is 0 Å². The van der Waals surface area contributed by atoms with Crippen LogP contribution in [0.4, 0.5) is 4.79 Å². The highest BCUT2D eigenvalue weighted by molar-refractivity contribution is 6.35. The Balaban J connectivity index is 2.57. The van der Waals surface area contributed by atoms with Crippen LogP contribution in [0.1, 0.15) is 20.8 Å². The number of H-pyrrole nitrogens is 1. The first-order valence-corrected chi connectivity index (χ1v) is 5.80. The summed E-state index contributed by atoms with van der Waals surface area (Å²) in [5.74, 6) is 0. The Morgan fingerprint density at radius 1 is 1.39 bits per heavy atom. The number of carbonyl (C=O) groups is 1. The number of carbonyl (C=O) groups excluding carboxylic acids is 1. The van der Waals surface area contributed by atoms with E-state index < -0.39 is 17.3 Å². The van der Waals surface area contributed by atoms with Crippen LogP contribution in [-0.4, -0.2) is 21.5 Å². The minimum atomic E-state index is -0.642. The number of halogens is 1. The minimum absolute atomic E-state index is 0.282. The van der Waals surface area contributed by atoms with E-state index in [0.717, 1.165) is 4.68 Å². The van der Waals surface area contributed by atoms with Crippen molar-refractivity contribution in [3.8, 4) is 0 Å². The van der Waals surface area contributed by atoms with Gasteiger partial charge in [-0.25, -0.2) is 4.79 Å². The number of benzene rings is 1. The quantitative estimate of drug-likeness (QED) is 0.799. The lowest BCUT2D eigenvalue weighted by molar-refractivity contribution is 0.0522. The summed E-state index contributed by atoms with van der Waals surface area (Å²) in [6.45, 7) is 5.25. The largest absolute Gasteiger partial charge is 0.442 e. The number of nitrogens with one attached hydrogen (secondary N) is 1. The lowest BCUT2D eigenvalue weighted by Gasteiger charge is -2.19. The van der Waals surface area contributed by atoms with Crippen LogP contribution in [0.2, 0.25) is 5.02 Å². The molecular weight excluding hydrogens is 256 g/mol. The third-order valence-corrected chi connectivity index (χ3v) is 2.56. The maximum absolute atomic E-state index is 11.9. The van der Waals surface area contributed by atoms with E-state index in [2.05, 4.69) is 5.10 Å². The normalized spacial score (nSPS) is 11.8. The molecule has 0 radical (unpaired) electrons. The number of aromatic nitrogens is 2. The second kappa shape index (κ2) is 4.17. The van der Waals surface area contributed by atoms with Crippen LogP contribution in [0.3, 0.4) is 0 Å². The Labute approximate surface area is 108 Å². The molecule has 5 nitrogen and oxygen atoms in total. The number of nitrogens with zero attached hydrogens (tertiary/aromatic N) is 1. The van der Waals surface area contributed by atoms with Gasteiger partial charge in [0.15, 0.2) is 0 Å². The number of hydrogen-bond acceptors (Lipinski definition) is 3. The highest BCUT2D eigenvalue weighted by Crippen LogP contribution is 2.20. The number of ether oxygens (including phenoxy) is 1. The van der Waals surface area contributed by atoms with Crippen molar-refractivity contribution in [3.63, 3.8) is 0 Å². The minimum Gasteiger partial charge on any atom is -0.442 e. The topological polar surface area (TPSA) is 64.1 Å². The van der Waals surface area contributed by atoms with Gasteiger partial charge >= 0.3 is 6.09 Å². The molecule has 0 spiro atoms. The average Bonchev–Trinajstić information content (AvgIpc) is 2.55. The summed E-state index contributed by atoms with van der Waals surface area (Å²) in [6, 6.07) is 4.89. The molecule has 1 aromatic heterocycles. The van der Waals surface area contributed by atoms with Crippen molar-refractivity contribution < 1.29 is 9.53 Å². The smallest absolute Gasteiger partial charge is 0.434 e. The first-order chi connectivity index (χ1) is 8.29. The van der Waals surface area contributed by atoms with Crippen molar-refractivity contribution in [2.24, 2.45) is 0 Å². The molecule has 96 valence electrons. The predicted molar refractivity (Wildman–Crippen MR) is 69.2 cm³/mol. The summed E-state index contributed by atoms with van der Waals surface area (Å²) < 4.78 is 6.26. The van der Waals surface area contributed by atoms with Crippen LogP contribution >= 0.6 is 11.6 Å². The van der Waals surface area contributed by atoms with E-state index in [0.29, 0.717) is 10.5 Å². The molecule has 0 aliphatic carbocycles. The van der Waals surface area contributed by atoms with Gasteiger partial charge in [0.05, 0.1) is 15.9 Å². The molecule has 0 unspecified atom stereocenters. The third kappa shape index (κ3) is 2.26. The number of aromatic amines is 1. The Morgan fingerprint density at radius 2 is 2.06 bits per heavy atom. The van der Waals surface area contributed by atoms with Gasteiger partial charge in [0, 0.05) is 0 Å². The maximum atomic E-state index is 11.9. The zero-order valence-corrected chi connectivity index (χ0v) is 11.0. The van der Waals surface area contributed by atoms with Crippen molar-refractivity contribution in [1.29, 1.82) is 0 Å². The molecule has 0 atom stereocenters. The molecule has 0 saturated heterocycles. The summed E-state index contributed by atoms with van der Waals surface area (Å²) in [7, 11) is 0. The van der Waals surface area contributed by atoms with Crippen molar-refractivity contribution in [3.05, 3.63) is 33.6 Å². The number of fused-ring (bicyclic) bond motifs is 1. The standard InChI is InChI=1S/C12H13ClN2O3/c1-12(2,3)18-11(17)15-8-6-4-5-7(13)9(8)10(16)14-15/h4-6H,1-3H3,(H,14,16). The van der Waals surface area contributed by atoms with Crippen LogP contribution in [-0.2, 0) is 4.74 Å². The number of hydrogen-bond donors (Lipinski definition) is 1. The van der Waals surface area contributed by atoms with E-state index in [-0.39, 0.29) is 5.39 Å². The van der Waals surface area contributed by atoms with Gasteiger partial charge in [-0.15, -0.1) is 0 Å². The summed E-state index contributed by atoms with van der Waals surface area (Å²) >= 11 is 5.93. The molecule has 2 rings (SSSR count). The second-order valence-electron chi connectivity index (χ2n) is 4.89. The van der Waals surface area contributed by atoms with Gasteiger partial charge in [-0.05, 0) is 32.9 Å². The number of rotatable bonds is 0. The van der Waals surface area contributed by atoms with Crippen LogP contribution < -0.4 is 5.56 Å². The molecule has 1 aromatic carbocycles. The Morgan fingerprint density at radius 3 is 2.67 bits per heavy atom. The molecule has 2 aromatic rings. The fourth-order valence-electron chi connectivity index (χ4n) is 1.59.